The first-order valence-corrected chi connectivity index (χ1v) is 13.9. The number of hydrogen-bond acceptors (Lipinski definition) is 4. The summed E-state index contributed by atoms with van der Waals surface area (Å²) in [6.45, 7) is 2.05. The molecule has 6 rings (SSSR count). The molecule has 1 saturated carbocycles. The van der Waals surface area contributed by atoms with Gasteiger partial charge >= 0.3 is 5.97 Å². The second-order valence-corrected chi connectivity index (χ2v) is 11.2. The maximum Gasteiger partial charge on any atom is 0.324 e. The summed E-state index contributed by atoms with van der Waals surface area (Å²) < 4.78 is 0. The van der Waals surface area contributed by atoms with Crippen LogP contribution in [0.5, 0.6) is 0 Å². The molecule has 3 aromatic carbocycles. The van der Waals surface area contributed by atoms with E-state index in [1.165, 1.54) is 4.90 Å². The second-order valence-electron chi connectivity index (χ2n) is 11.2. The number of carboxylic acids is 1. The Balaban J connectivity index is 1.49. The third-order valence-corrected chi connectivity index (χ3v) is 9.13. The molecule has 1 aliphatic carbocycles. The van der Waals surface area contributed by atoms with Crippen LogP contribution >= 0.6 is 0 Å². The molecule has 38 heavy (non-hydrogen) atoms. The van der Waals surface area contributed by atoms with Gasteiger partial charge in [-0.15, -0.1) is 0 Å². The highest BCUT2D eigenvalue weighted by Gasteiger charge is 2.69. The van der Waals surface area contributed by atoms with E-state index >= 15 is 0 Å². The lowest BCUT2D eigenvalue weighted by Crippen LogP contribution is -2.57. The fourth-order valence-corrected chi connectivity index (χ4v) is 7.24. The van der Waals surface area contributed by atoms with E-state index in [4.69, 9.17) is 0 Å². The highest BCUT2D eigenvalue weighted by Crippen LogP contribution is 2.53. The molecule has 0 bridgehead atoms. The predicted octanol–water partition coefficient (Wildman–Crippen LogP) is 5.65. The number of carbonyl (C=O) groups excluding carboxylic acids is 2. The minimum absolute atomic E-state index is 0.208. The predicted molar refractivity (Wildman–Crippen MR) is 147 cm³/mol. The Hall–Kier alpha value is -3.51. The number of fused-ring (bicyclic) bond motifs is 2. The molecule has 6 heteroatoms. The Morgan fingerprint density at radius 3 is 2.37 bits per heavy atom. The lowest BCUT2D eigenvalue weighted by Gasteiger charge is -2.35. The van der Waals surface area contributed by atoms with E-state index in [2.05, 4.69) is 12.2 Å². The molecule has 6 nitrogen and oxygen atoms in total. The van der Waals surface area contributed by atoms with Crippen molar-refractivity contribution >= 4 is 34.2 Å². The van der Waals surface area contributed by atoms with Crippen LogP contribution in [0.4, 0.5) is 5.69 Å². The van der Waals surface area contributed by atoms with Crippen molar-refractivity contribution in [1.82, 2.24) is 5.32 Å². The van der Waals surface area contributed by atoms with Crippen molar-refractivity contribution in [3.05, 3.63) is 77.9 Å². The molecular formula is C32H34N2O4. The number of nitrogens with zero attached hydrogens (tertiary/aromatic N) is 1. The van der Waals surface area contributed by atoms with Crippen molar-refractivity contribution in [3.8, 4) is 0 Å². The monoisotopic (exact) mass is 510 g/mol. The molecule has 4 unspecified atom stereocenters. The van der Waals surface area contributed by atoms with Crippen LogP contribution in [0.25, 0.3) is 10.8 Å². The second kappa shape index (κ2) is 9.66. The van der Waals surface area contributed by atoms with E-state index < -0.39 is 35.3 Å². The molecular weight excluding hydrogens is 476 g/mol. The van der Waals surface area contributed by atoms with Crippen molar-refractivity contribution in [2.75, 3.05) is 4.90 Å². The minimum Gasteiger partial charge on any atom is -0.480 e. The number of rotatable bonds is 6. The molecule has 2 amide bonds. The van der Waals surface area contributed by atoms with Crippen LogP contribution in [0.15, 0.2) is 66.7 Å². The summed E-state index contributed by atoms with van der Waals surface area (Å²) >= 11 is 0. The molecule has 2 N–H and O–H groups in total. The molecule has 0 spiro atoms. The molecule has 196 valence electrons. The lowest BCUT2D eigenvalue weighted by molar-refractivity contribution is -0.150. The molecule has 3 fully saturated rings. The van der Waals surface area contributed by atoms with Crippen molar-refractivity contribution in [2.24, 2.45) is 17.8 Å². The van der Waals surface area contributed by atoms with Gasteiger partial charge in [-0.1, -0.05) is 93.6 Å². The van der Waals surface area contributed by atoms with E-state index in [1.807, 2.05) is 54.6 Å². The van der Waals surface area contributed by atoms with E-state index in [1.54, 1.807) is 12.1 Å². The first-order valence-electron chi connectivity index (χ1n) is 13.9. The number of hydrogen-bond donors (Lipinski definition) is 2. The van der Waals surface area contributed by atoms with Crippen LogP contribution in [-0.4, -0.2) is 28.4 Å². The Morgan fingerprint density at radius 2 is 1.66 bits per heavy atom. The molecule has 3 aromatic rings. The fourth-order valence-electron chi connectivity index (χ4n) is 7.24. The molecule has 3 aliphatic rings. The van der Waals surface area contributed by atoms with Gasteiger partial charge in [0.2, 0.25) is 11.8 Å². The van der Waals surface area contributed by atoms with Gasteiger partial charge in [-0.2, -0.15) is 0 Å². The molecule has 2 saturated heterocycles. The van der Waals surface area contributed by atoms with Gasteiger partial charge in [-0.3, -0.25) is 19.7 Å². The Labute approximate surface area is 223 Å². The molecule has 4 atom stereocenters. The smallest absolute Gasteiger partial charge is 0.324 e. The van der Waals surface area contributed by atoms with Gasteiger partial charge in [0, 0.05) is 6.04 Å². The summed E-state index contributed by atoms with van der Waals surface area (Å²) in [5, 5.41) is 16.2. The first kappa shape index (κ1) is 24.8. The van der Waals surface area contributed by atoms with Crippen molar-refractivity contribution in [2.45, 2.75) is 63.5 Å². The number of aliphatic carboxylic acids is 1. The van der Waals surface area contributed by atoms with Gasteiger partial charge < -0.3 is 5.11 Å². The van der Waals surface area contributed by atoms with Gasteiger partial charge in [0.05, 0.1) is 17.5 Å². The Bertz CT molecular complexity index is 1390. The van der Waals surface area contributed by atoms with Crippen molar-refractivity contribution in [1.29, 1.82) is 0 Å². The Kier molecular flexibility index (Phi) is 6.31. The van der Waals surface area contributed by atoms with Gasteiger partial charge in [-0.25, -0.2) is 4.90 Å². The summed E-state index contributed by atoms with van der Waals surface area (Å²) in [5.74, 6) is -3.31. The summed E-state index contributed by atoms with van der Waals surface area (Å²) in [6, 6.07) is 20.7. The zero-order valence-electron chi connectivity index (χ0n) is 21.7. The number of amides is 2. The Morgan fingerprint density at radius 1 is 0.947 bits per heavy atom. The van der Waals surface area contributed by atoms with Crippen LogP contribution in [0, 0.1) is 17.8 Å². The number of nitrogens with one attached hydrogen (secondary N) is 1. The third kappa shape index (κ3) is 3.85. The minimum atomic E-state index is -1.50. The molecule has 0 radical (unpaired) electrons. The number of imide groups is 1. The average Bonchev–Trinajstić information content (AvgIpc) is 3.42. The molecule has 2 aliphatic heterocycles. The van der Waals surface area contributed by atoms with Gasteiger partial charge in [0.25, 0.3) is 0 Å². The lowest BCUT2D eigenvalue weighted by atomic mass is 9.72. The number of benzene rings is 3. The van der Waals surface area contributed by atoms with Gasteiger partial charge in [-0.05, 0) is 52.8 Å². The quantitative estimate of drug-likeness (QED) is 0.419. The van der Waals surface area contributed by atoms with E-state index in [9.17, 15) is 19.5 Å². The van der Waals surface area contributed by atoms with Crippen LogP contribution in [0.2, 0.25) is 0 Å². The van der Waals surface area contributed by atoms with E-state index in [0.717, 1.165) is 60.4 Å². The zero-order valence-corrected chi connectivity index (χ0v) is 21.7. The van der Waals surface area contributed by atoms with Gasteiger partial charge in [0.1, 0.15) is 5.54 Å². The highest BCUT2D eigenvalue weighted by molar-refractivity contribution is 6.24. The number of carboxylic acid groups (broad SMARTS) is 1. The SMILES string of the molecule is CCc1ccc(N2C(=O)C3C(c4cccc5ccccc45)NC(CC4CCCCC4)(C(=O)O)C3C2=O)cc1. The highest BCUT2D eigenvalue weighted by atomic mass is 16.4. The molecule has 0 aromatic heterocycles. The summed E-state index contributed by atoms with van der Waals surface area (Å²) in [7, 11) is 0. The number of anilines is 1. The maximum atomic E-state index is 14.2. The summed E-state index contributed by atoms with van der Waals surface area (Å²) in [5.41, 5.74) is 0.994. The van der Waals surface area contributed by atoms with Crippen LogP contribution in [0.1, 0.15) is 62.6 Å². The van der Waals surface area contributed by atoms with E-state index in [0.29, 0.717) is 12.1 Å². The first-order chi connectivity index (χ1) is 18.4. The van der Waals surface area contributed by atoms with Crippen LogP contribution in [0.3, 0.4) is 0 Å². The van der Waals surface area contributed by atoms with Gasteiger partial charge in [0.15, 0.2) is 0 Å². The number of aryl methyl sites for hydroxylation is 1. The summed E-state index contributed by atoms with van der Waals surface area (Å²) in [6.07, 6.45) is 6.42. The van der Waals surface area contributed by atoms with Crippen molar-refractivity contribution < 1.29 is 19.5 Å². The largest absolute Gasteiger partial charge is 0.480 e. The number of carbonyl (C=O) groups is 3. The fraction of sp³-hybridized carbons (Fsp3) is 0.406. The third-order valence-electron chi connectivity index (χ3n) is 9.13. The van der Waals surface area contributed by atoms with Crippen LogP contribution < -0.4 is 10.2 Å². The normalized spacial score (nSPS) is 27.7. The van der Waals surface area contributed by atoms with Crippen molar-refractivity contribution in [3.63, 3.8) is 0 Å². The van der Waals surface area contributed by atoms with E-state index in [-0.39, 0.29) is 11.8 Å². The molecule has 2 heterocycles. The van der Waals surface area contributed by atoms with Crippen LogP contribution in [-0.2, 0) is 20.8 Å². The maximum absolute atomic E-state index is 14.2. The summed E-state index contributed by atoms with van der Waals surface area (Å²) in [4.78, 5) is 42.8. The standard InChI is InChI=1S/C32H34N2O4/c1-2-20-15-17-23(18-16-20)34-29(35)26-27(30(34)36)32(31(37)38,19-21-9-4-3-5-10-21)33-28(26)25-14-8-12-22-11-6-7-13-24(22)25/h6-8,11-18,21,26-28,33H,2-5,9-10,19H2,1H3,(H,37,38). The topological polar surface area (TPSA) is 86.7 Å². The zero-order chi connectivity index (χ0) is 26.4. The average molecular weight is 511 g/mol.